The summed E-state index contributed by atoms with van der Waals surface area (Å²) in [5.74, 6) is 0.0475. The van der Waals surface area contributed by atoms with Gasteiger partial charge in [0.2, 0.25) is 5.91 Å². The molecule has 1 heterocycles. The van der Waals surface area contributed by atoms with Crippen LogP contribution in [-0.2, 0) is 4.79 Å². The van der Waals surface area contributed by atoms with E-state index in [1.165, 1.54) is 0 Å². The van der Waals surface area contributed by atoms with Crippen molar-refractivity contribution >= 4 is 29.1 Å². The van der Waals surface area contributed by atoms with Gasteiger partial charge in [0.05, 0.1) is 0 Å². The molecule has 21 heavy (non-hydrogen) atoms. The minimum atomic E-state index is -0.0880. The van der Waals surface area contributed by atoms with Gasteiger partial charge in [0.1, 0.15) is 0 Å². The molecule has 0 saturated carbocycles. The number of benzene rings is 1. The summed E-state index contributed by atoms with van der Waals surface area (Å²) in [7, 11) is 0. The number of nitrogen functional groups attached to an aromatic ring is 1. The Morgan fingerprint density at radius 3 is 2.48 bits per heavy atom. The number of hydrogen-bond acceptors (Lipinski definition) is 3. The maximum atomic E-state index is 12.5. The van der Waals surface area contributed by atoms with E-state index in [1.807, 2.05) is 11.8 Å². The predicted octanol–water partition coefficient (Wildman–Crippen LogP) is 2.01. The van der Waals surface area contributed by atoms with Crippen LogP contribution in [0.5, 0.6) is 0 Å². The monoisotopic (exact) mass is 309 g/mol. The molecule has 2 N–H and O–H groups in total. The zero-order chi connectivity index (χ0) is 15.4. The van der Waals surface area contributed by atoms with Crippen molar-refractivity contribution in [2.45, 2.75) is 19.8 Å². The van der Waals surface area contributed by atoms with Crippen LogP contribution in [0.2, 0.25) is 5.02 Å². The van der Waals surface area contributed by atoms with Crippen molar-refractivity contribution in [3.05, 3.63) is 28.8 Å². The minimum absolute atomic E-state index is 0.0880. The average Bonchev–Trinajstić information content (AvgIpc) is 2.70. The van der Waals surface area contributed by atoms with Crippen molar-refractivity contribution < 1.29 is 9.59 Å². The molecule has 114 valence electrons. The highest BCUT2D eigenvalue weighted by atomic mass is 35.5. The fraction of sp³-hybridized carbons (Fsp3) is 0.467. The SMILES string of the molecule is CCC(=O)N1CCCN(C(=O)c2cc(N)cc(Cl)c2)CC1. The summed E-state index contributed by atoms with van der Waals surface area (Å²) in [6, 6.07) is 4.87. The number of hydrogen-bond donors (Lipinski definition) is 1. The Morgan fingerprint density at radius 2 is 1.81 bits per heavy atom. The second-order valence-electron chi connectivity index (χ2n) is 5.15. The van der Waals surface area contributed by atoms with Gasteiger partial charge in [-0.1, -0.05) is 18.5 Å². The number of carbonyl (C=O) groups excluding carboxylic acids is 2. The molecule has 5 nitrogen and oxygen atoms in total. The first-order valence-electron chi connectivity index (χ1n) is 7.14. The Labute approximate surface area is 129 Å². The molecule has 6 heteroatoms. The molecule has 1 aliphatic rings. The summed E-state index contributed by atoms with van der Waals surface area (Å²) in [6.07, 6.45) is 1.28. The fourth-order valence-electron chi connectivity index (χ4n) is 2.51. The van der Waals surface area contributed by atoms with Crippen molar-refractivity contribution in [1.82, 2.24) is 9.80 Å². The fourth-order valence-corrected chi connectivity index (χ4v) is 2.76. The molecule has 0 aliphatic carbocycles. The van der Waals surface area contributed by atoms with Gasteiger partial charge in [-0.2, -0.15) is 0 Å². The third-order valence-corrected chi connectivity index (χ3v) is 3.82. The van der Waals surface area contributed by atoms with Crippen LogP contribution in [0, 0.1) is 0 Å². The van der Waals surface area contributed by atoms with Gasteiger partial charge >= 0.3 is 0 Å². The highest BCUT2D eigenvalue weighted by molar-refractivity contribution is 6.31. The number of rotatable bonds is 2. The predicted molar refractivity (Wildman–Crippen MR) is 83.3 cm³/mol. The highest BCUT2D eigenvalue weighted by Gasteiger charge is 2.22. The van der Waals surface area contributed by atoms with E-state index in [2.05, 4.69) is 0 Å². The summed E-state index contributed by atoms with van der Waals surface area (Å²) >= 11 is 5.95. The van der Waals surface area contributed by atoms with Gasteiger partial charge in [0, 0.05) is 48.9 Å². The molecule has 1 aliphatic heterocycles. The van der Waals surface area contributed by atoms with Crippen LogP contribution in [-0.4, -0.2) is 47.8 Å². The van der Waals surface area contributed by atoms with Gasteiger partial charge in [-0.15, -0.1) is 0 Å². The van der Waals surface area contributed by atoms with Crippen molar-refractivity contribution in [3.63, 3.8) is 0 Å². The Morgan fingerprint density at radius 1 is 1.14 bits per heavy atom. The molecule has 0 atom stereocenters. The molecular formula is C15H20ClN3O2. The quantitative estimate of drug-likeness (QED) is 0.850. The van der Waals surface area contributed by atoms with E-state index in [1.54, 1.807) is 23.1 Å². The largest absolute Gasteiger partial charge is 0.399 e. The lowest BCUT2D eigenvalue weighted by atomic mass is 10.1. The summed E-state index contributed by atoms with van der Waals surface area (Å²) < 4.78 is 0. The number of nitrogens with two attached hydrogens (primary N) is 1. The van der Waals surface area contributed by atoms with Crippen LogP contribution in [0.3, 0.4) is 0 Å². The highest BCUT2D eigenvalue weighted by Crippen LogP contribution is 2.19. The van der Waals surface area contributed by atoms with Crippen molar-refractivity contribution in [1.29, 1.82) is 0 Å². The molecule has 1 aromatic carbocycles. The summed E-state index contributed by atoms with van der Waals surface area (Å²) in [5.41, 5.74) is 6.70. The topological polar surface area (TPSA) is 66.6 Å². The van der Waals surface area contributed by atoms with Crippen LogP contribution in [0.15, 0.2) is 18.2 Å². The van der Waals surface area contributed by atoms with E-state index in [0.717, 1.165) is 6.42 Å². The van der Waals surface area contributed by atoms with Crippen LogP contribution >= 0.6 is 11.6 Å². The Bertz CT molecular complexity index is 527. The van der Waals surface area contributed by atoms with Gasteiger partial charge in [0.15, 0.2) is 0 Å². The first-order valence-corrected chi connectivity index (χ1v) is 7.52. The minimum Gasteiger partial charge on any atom is -0.399 e. The zero-order valence-corrected chi connectivity index (χ0v) is 12.9. The molecule has 2 rings (SSSR count). The second kappa shape index (κ2) is 6.80. The van der Waals surface area contributed by atoms with Gasteiger partial charge < -0.3 is 15.5 Å². The van der Waals surface area contributed by atoms with Crippen LogP contribution in [0.4, 0.5) is 5.69 Å². The van der Waals surface area contributed by atoms with Gasteiger partial charge in [0.25, 0.3) is 5.91 Å². The van der Waals surface area contributed by atoms with Gasteiger partial charge in [-0.05, 0) is 24.6 Å². The van der Waals surface area contributed by atoms with Crippen molar-refractivity contribution in [2.24, 2.45) is 0 Å². The smallest absolute Gasteiger partial charge is 0.254 e. The Balaban J connectivity index is 2.08. The molecule has 0 aromatic heterocycles. The summed E-state index contributed by atoms with van der Waals surface area (Å²) in [4.78, 5) is 27.8. The molecule has 1 aromatic rings. The lowest BCUT2D eigenvalue weighted by Crippen LogP contribution is -2.37. The number of anilines is 1. The van der Waals surface area contributed by atoms with Crippen molar-refractivity contribution in [3.8, 4) is 0 Å². The molecule has 1 fully saturated rings. The first kappa shape index (κ1) is 15.6. The maximum Gasteiger partial charge on any atom is 0.254 e. The average molecular weight is 310 g/mol. The summed E-state index contributed by atoms with van der Waals surface area (Å²) in [6.45, 7) is 4.31. The Kier molecular flexibility index (Phi) is 5.07. The molecule has 2 amide bonds. The number of carbonyl (C=O) groups is 2. The maximum absolute atomic E-state index is 12.5. The normalized spacial score (nSPS) is 15.7. The zero-order valence-electron chi connectivity index (χ0n) is 12.1. The molecule has 1 saturated heterocycles. The van der Waals surface area contributed by atoms with Crippen LogP contribution in [0.25, 0.3) is 0 Å². The van der Waals surface area contributed by atoms with E-state index in [9.17, 15) is 9.59 Å². The van der Waals surface area contributed by atoms with E-state index in [0.29, 0.717) is 48.9 Å². The number of nitrogens with zero attached hydrogens (tertiary/aromatic N) is 2. The molecule has 0 unspecified atom stereocenters. The third-order valence-electron chi connectivity index (χ3n) is 3.61. The summed E-state index contributed by atoms with van der Waals surface area (Å²) in [5, 5.41) is 0.455. The van der Waals surface area contributed by atoms with E-state index >= 15 is 0 Å². The third kappa shape index (κ3) is 3.88. The number of amides is 2. The van der Waals surface area contributed by atoms with Gasteiger partial charge in [-0.25, -0.2) is 0 Å². The lowest BCUT2D eigenvalue weighted by Gasteiger charge is -2.22. The second-order valence-corrected chi connectivity index (χ2v) is 5.59. The first-order chi connectivity index (χ1) is 10.0. The molecular weight excluding hydrogens is 290 g/mol. The molecule has 0 radical (unpaired) electrons. The standard InChI is InChI=1S/C15H20ClN3O2/c1-2-14(20)18-4-3-5-19(7-6-18)15(21)11-8-12(16)10-13(17)9-11/h8-10H,2-7,17H2,1H3. The Hall–Kier alpha value is -1.75. The molecule has 0 spiro atoms. The molecule has 0 bridgehead atoms. The van der Waals surface area contributed by atoms with E-state index in [4.69, 9.17) is 17.3 Å². The lowest BCUT2D eigenvalue weighted by molar-refractivity contribution is -0.130. The van der Waals surface area contributed by atoms with Crippen LogP contribution in [0.1, 0.15) is 30.1 Å². The van der Waals surface area contributed by atoms with Crippen molar-refractivity contribution in [2.75, 3.05) is 31.9 Å². The van der Waals surface area contributed by atoms with Crippen LogP contribution < -0.4 is 5.73 Å². The van der Waals surface area contributed by atoms with E-state index < -0.39 is 0 Å². The van der Waals surface area contributed by atoms with E-state index in [-0.39, 0.29) is 11.8 Å². The number of halogens is 1. The van der Waals surface area contributed by atoms with Gasteiger partial charge in [-0.3, -0.25) is 9.59 Å².